The number of hydrogen-bond donors (Lipinski definition) is 2. The Morgan fingerprint density at radius 2 is 1.77 bits per heavy atom. The summed E-state index contributed by atoms with van der Waals surface area (Å²) in [6.07, 6.45) is -4.80. The second-order valence-corrected chi connectivity index (χ2v) is 7.07. The highest BCUT2D eigenvalue weighted by molar-refractivity contribution is 7.71. The van der Waals surface area contributed by atoms with Crippen molar-refractivity contribution >= 4 is 23.3 Å². The molecule has 0 radical (unpaired) electrons. The third-order valence-corrected chi connectivity index (χ3v) is 4.97. The van der Waals surface area contributed by atoms with Gasteiger partial charge in [-0.15, -0.1) is 0 Å². The number of pyridine rings is 1. The van der Waals surface area contributed by atoms with Crippen LogP contribution >= 0.6 is 12.2 Å². The van der Waals surface area contributed by atoms with Crippen molar-refractivity contribution in [3.8, 4) is 22.7 Å². The Bertz CT molecular complexity index is 1390. The maximum atomic E-state index is 13.9. The minimum Gasteiger partial charge on any atom is -0.508 e. The Hall–Kier alpha value is -3.46. The zero-order chi connectivity index (χ0) is 21.6. The fourth-order valence-corrected chi connectivity index (χ4v) is 3.55. The lowest BCUT2D eigenvalue weighted by Gasteiger charge is -2.17. The lowest BCUT2D eigenvalue weighted by molar-refractivity contribution is -0.136. The van der Waals surface area contributed by atoms with E-state index in [0.29, 0.717) is 11.3 Å². The Labute approximate surface area is 173 Å². The quantitative estimate of drug-likeness (QED) is 0.433. The van der Waals surface area contributed by atoms with E-state index >= 15 is 0 Å². The predicted molar refractivity (Wildman–Crippen MR) is 109 cm³/mol. The Morgan fingerprint density at radius 3 is 2.40 bits per heavy atom. The minimum atomic E-state index is -4.80. The van der Waals surface area contributed by atoms with Crippen LogP contribution in [0, 0.1) is 11.7 Å². The minimum absolute atomic E-state index is 0.00263. The third-order valence-electron chi connectivity index (χ3n) is 4.69. The van der Waals surface area contributed by atoms with Crippen molar-refractivity contribution in [1.82, 2.24) is 14.5 Å². The van der Waals surface area contributed by atoms with Gasteiger partial charge in [0.15, 0.2) is 10.4 Å². The van der Waals surface area contributed by atoms with Crippen LogP contribution in [0.25, 0.3) is 28.0 Å². The maximum Gasteiger partial charge on any atom is 0.417 e. The van der Waals surface area contributed by atoms with Gasteiger partial charge < -0.3 is 5.11 Å². The number of alkyl halides is 3. The topological polar surface area (TPSA) is 70.9 Å². The van der Waals surface area contributed by atoms with Gasteiger partial charge in [0.2, 0.25) is 0 Å². The molecule has 0 fully saturated rings. The van der Waals surface area contributed by atoms with Crippen molar-refractivity contribution in [1.29, 1.82) is 0 Å². The molecule has 0 aliphatic heterocycles. The number of H-pyrrole nitrogens is 1. The number of para-hydroxylation sites is 1. The number of halogens is 3. The van der Waals surface area contributed by atoms with E-state index in [1.165, 1.54) is 28.8 Å². The number of phenolic OH excluding ortho intramolecular Hbond substituents is 1. The molecule has 0 bridgehead atoms. The first-order chi connectivity index (χ1) is 14.2. The van der Waals surface area contributed by atoms with Crippen LogP contribution in [0.1, 0.15) is 11.1 Å². The maximum absolute atomic E-state index is 13.9. The van der Waals surface area contributed by atoms with E-state index in [0.717, 1.165) is 11.6 Å². The van der Waals surface area contributed by atoms with Crippen molar-refractivity contribution < 1.29 is 18.3 Å². The molecule has 0 amide bonds. The molecule has 0 unspecified atom stereocenters. The van der Waals surface area contributed by atoms with Crippen LogP contribution in [0.3, 0.4) is 0 Å². The summed E-state index contributed by atoms with van der Waals surface area (Å²) in [6, 6.07) is 13.4. The van der Waals surface area contributed by atoms with Gasteiger partial charge in [-0.25, -0.2) is 4.98 Å². The molecule has 9 heteroatoms. The molecule has 152 valence electrons. The lowest BCUT2D eigenvalue weighted by Crippen LogP contribution is -2.20. The first-order valence-electron chi connectivity index (χ1n) is 8.79. The van der Waals surface area contributed by atoms with Crippen LogP contribution < -0.4 is 5.56 Å². The van der Waals surface area contributed by atoms with Crippen LogP contribution in [-0.2, 0) is 6.18 Å². The zero-order valence-corrected chi connectivity index (χ0v) is 16.3. The number of nitrogens with one attached hydrogen (secondary N) is 1. The molecule has 4 aromatic rings. The summed E-state index contributed by atoms with van der Waals surface area (Å²) in [5.74, 6) is -0.0325. The molecule has 2 heterocycles. The largest absolute Gasteiger partial charge is 0.508 e. The second kappa shape index (κ2) is 7.10. The molecule has 5 nitrogen and oxygen atoms in total. The summed E-state index contributed by atoms with van der Waals surface area (Å²) >= 11 is 5.28. The fraction of sp³-hybridized carbons (Fsp3) is 0.0952. The van der Waals surface area contributed by atoms with Crippen molar-refractivity contribution in [2.45, 2.75) is 13.1 Å². The molecule has 2 aromatic heterocycles. The summed E-state index contributed by atoms with van der Waals surface area (Å²) in [4.78, 5) is 19.2. The third kappa shape index (κ3) is 3.37. The highest BCUT2D eigenvalue weighted by Gasteiger charge is 2.35. The Morgan fingerprint density at radius 1 is 1.10 bits per heavy atom. The predicted octanol–water partition coefficient (Wildman–Crippen LogP) is 5.14. The van der Waals surface area contributed by atoms with Crippen LogP contribution in [-0.4, -0.2) is 19.6 Å². The molecule has 0 spiro atoms. The van der Waals surface area contributed by atoms with Crippen LogP contribution in [0.15, 0.2) is 59.4 Å². The van der Waals surface area contributed by atoms with Crippen LogP contribution in [0.2, 0.25) is 0 Å². The first-order valence-corrected chi connectivity index (χ1v) is 9.20. The Kier molecular flexibility index (Phi) is 4.70. The summed E-state index contributed by atoms with van der Waals surface area (Å²) in [5.41, 5.74) is -0.679. The molecule has 4 rings (SSSR count). The van der Waals surface area contributed by atoms with Crippen molar-refractivity contribution in [3.63, 3.8) is 0 Å². The average molecular weight is 429 g/mol. The summed E-state index contributed by atoms with van der Waals surface area (Å²) < 4.78 is 43.0. The van der Waals surface area contributed by atoms with Gasteiger partial charge in [0, 0.05) is 5.56 Å². The summed E-state index contributed by atoms with van der Waals surface area (Å²) in [5, 5.41) is 8.90. The number of aromatic amines is 1. The number of nitrogens with zero attached hydrogens (tertiary/aromatic N) is 2. The van der Waals surface area contributed by atoms with Crippen molar-refractivity contribution in [2.24, 2.45) is 0 Å². The number of rotatable bonds is 2. The van der Waals surface area contributed by atoms with E-state index in [-0.39, 0.29) is 21.9 Å². The molecule has 0 saturated carbocycles. The van der Waals surface area contributed by atoms with Gasteiger partial charge in [0.05, 0.1) is 22.3 Å². The van der Waals surface area contributed by atoms with Gasteiger partial charge in [-0.05, 0) is 61.1 Å². The number of aromatic hydroxyl groups is 1. The molecule has 0 atom stereocenters. The highest BCUT2D eigenvalue weighted by Crippen LogP contribution is 2.36. The average Bonchev–Trinajstić information content (AvgIpc) is 2.68. The molecule has 2 aromatic carbocycles. The first kappa shape index (κ1) is 19.8. The lowest BCUT2D eigenvalue weighted by atomic mass is 10.1. The second-order valence-electron chi connectivity index (χ2n) is 6.68. The molecule has 2 N–H and O–H groups in total. The van der Waals surface area contributed by atoms with Crippen LogP contribution in [0.5, 0.6) is 5.75 Å². The normalized spacial score (nSPS) is 11.7. The van der Waals surface area contributed by atoms with Crippen LogP contribution in [0.4, 0.5) is 13.2 Å². The molecule has 30 heavy (non-hydrogen) atoms. The van der Waals surface area contributed by atoms with E-state index in [1.54, 1.807) is 31.2 Å². The number of aromatic nitrogens is 3. The Balaban J connectivity index is 2.20. The number of fused-ring (bicyclic) bond motifs is 1. The molecular weight excluding hydrogens is 415 g/mol. The van der Waals surface area contributed by atoms with E-state index in [2.05, 4.69) is 9.97 Å². The van der Waals surface area contributed by atoms with Gasteiger partial charge in [-0.3, -0.25) is 14.3 Å². The van der Waals surface area contributed by atoms with Gasteiger partial charge in [0.25, 0.3) is 5.56 Å². The zero-order valence-electron chi connectivity index (χ0n) is 15.5. The SMILES string of the molecule is Cc1ccccc1-n1c(=S)[nH]c(=O)c2c(C(F)(F)F)cc(-c3ccc(O)cc3)nc21. The van der Waals surface area contributed by atoms with E-state index in [9.17, 15) is 23.1 Å². The standard InChI is InChI=1S/C21H14F3N3O2S/c1-11-4-2-3-5-16(11)27-18-17(19(29)26-20(27)30)14(21(22,23)24)10-15(25-18)12-6-8-13(28)9-7-12/h2-10,28H,1H3,(H,26,29,30). The van der Waals surface area contributed by atoms with Gasteiger partial charge in [-0.2, -0.15) is 13.2 Å². The fourth-order valence-electron chi connectivity index (χ4n) is 3.27. The molecule has 0 saturated heterocycles. The van der Waals surface area contributed by atoms with Gasteiger partial charge >= 0.3 is 6.18 Å². The number of hydrogen-bond acceptors (Lipinski definition) is 4. The van der Waals surface area contributed by atoms with Gasteiger partial charge in [-0.1, -0.05) is 18.2 Å². The monoisotopic (exact) mass is 429 g/mol. The molecule has 0 aliphatic carbocycles. The number of benzene rings is 2. The van der Waals surface area contributed by atoms with Crippen molar-refractivity contribution in [3.05, 3.63) is 80.8 Å². The smallest absolute Gasteiger partial charge is 0.417 e. The summed E-state index contributed by atoms with van der Waals surface area (Å²) in [6.45, 7) is 1.78. The molecular formula is C21H14F3N3O2S. The van der Waals surface area contributed by atoms with E-state index in [4.69, 9.17) is 12.2 Å². The van der Waals surface area contributed by atoms with Gasteiger partial charge in [0.1, 0.15) is 5.75 Å². The number of aryl methyl sites for hydroxylation is 1. The van der Waals surface area contributed by atoms with Crippen molar-refractivity contribution in [2.75, 3.05) is 0 Å². The number of phenols is 1. The van der Waals surface area contributed by atoms with E-state index in [1.807, 2.05) is 0 Å². The van der Waals surface area contributed by atoms with E-state index < -0.39 is 22.7 Å². The highest BCUT2D eigenvalue weighted by atomic mass is 32.1. The molecule has 0 aliphatic rings. The summed E-state index contributed by atoms with van der Waals surface area (Å²) in [7, 11) is 0.